The van der Waals surface area contributed by atoms with Gasteiger partial charge in [0.25, 0.3) is 0 Å². The highest BCUT2D eigenvalue weighted by Crippen LogP contribution is 2.19. The van der Waals surface area contributed by atoms with Gasteiger partial charge in [0, 0.05) is 6.20 Å². The number of rotatable bonds is 2. The number of hydrogen-bond acceptors (Lipinski definition) is 4. The van der Waals surface area contributed by atoms with E-state index < -0.39 is 5.97 Å². The Bertz CT molecular complexity index is 367. The summed E-state index contributed by atoms with van der Waals surface area (Å²) in [5.74, 6) is -1.35. The predicted molar refractivity (Wildman–Crippen MR) is 47.0 cm³/mol. The van der Waals surface area contributed by atoms with Crippen molar-refractivity contribution in [3.8, 4) is 0 Å². The van der Waals surface area contributed by atoms with Crippen molar-refractivity contribution in [2.75, 3.05) is 5.73 Å². The second-order valence-electron chi connectivity index (χ2n) is 2.37. The number of carboxylic acid groups (broad SMARTS) is 1. The Morgan fingerprint density at radius 3 is 2.54 bits per heavy atom. The molecule has 0 aliphatic heterocycles. The lowest BCUT2D eigenvalue weighted by molar-refractivity contribution is 0.0691. The van der Waals surface area contributed by atoms with Crippen LogP contribution in [0.4, 0.5) is 5.82 Å². The molecule has 0 amide bonds. The van der Waals surface area contributed by atoms with Crippen LogP contribution in [0.25, 0.3) is 5.76 Å². The first-order valence-corrected chi connectivity index (χ1v) is 3.39. The van der Waals surface area contributed by atoms with Crippen LogP contribution < -0.4 is 11.5 Å². The highest BCUT2D eigenvalue weighted by atomic mass is 16.4. The van der Waals surface area contributed by atoms with E-state index in [1.807, 2.05) is 0 Å². The molecule has 0 saturated heterocycles. The zero-order valence-electron chi connectivity index (χ0n) is 6.61. The Morgan fingerprint density at radius 1 is 1.54 bits per heavy atom. The van der Waals surface area contributed by atoms with Crippen LogP contribution in [0.15, 0.2) is 12.3 Å². The number of aromatic nitrogens is 1. The second kappa shape index (κ2) is 3.10. The Labute approximate surface area is 73.5 Å². The number of anilines is 1. The maximum absolute atomic E-state index is 10.5. The third-order valence-corrected chi connectivity index (χ3v) is 1.51. The van der Waals surface area contributed by atoms with E-state index in [-0.39, 0.29) is 22.8 Å². The van der Waals surface area contributed by atoms with Crippen molar-refractivity contribution in [2.45, 2.75) is 0 Å². The smallest absolute Gasteiger partial charge is 0.352 e. The minimum absolute atomic E-state index is 0.0663. The molecule has 0 unspecified atom stereocenters. The Morgan fingerprint density at radius 2 is 2.15 bits per heavy atom. The van der Waals surface area contributed by atoms with Gasteiger partial charge in [-0.2, -0.15) is 0 Å². The molecule has 0 radical (unpaired) electrons. The number of carbonyl (C=O) groups is 1. The van der Waals surface area contributed by atoms with Crippen molar-refractivity contribution in [1.82, 2.24) is 4.98 Å². The average molecular weight is 183 g/mol. The molecule has 0 spiro atoms. The zero-order valence-corrected chi connectivity index (χ0v) is 6.61. The van der Waals surface area contributed by atoms with Crippen LogP contribution in [0.5, 0.6) is 0 Å². The fourth-order valence-corrected chi connectivity index (χ4v) is 0.887. The molecule has 7 N–H and O–H groups in total. The van der Waals surface area contributed by atoms with E-state index in [1.165, 1.54) is 6.07 Å². The highest BCUT2D eigenvalue weighted by molar-refractivity contribution is 5.88. The summed E-state index contributed by atoms with van der Waals surface area (Å²) >= 11 is 0. The third kappa shape index (κ3) is 1.56. The predicted octanol–water partition coefficient (Wildman–Crippen LogP) is 0.110. The van der Waals surface area contributed by atoms with Crippen LogP contribution in [-0.2, 0) is 0 Å². The van der Waals surface area contributed by atoms with Gasteiger partial charge in [-0.05, 0) is 6.07 Å². The van der Waals surface area contributed by atoms with Gasteiger partial charge >= 0.3 is 5.97 Å². The molecule has 0 atom stereocenters. The Balaban J connectivity index is 3.18. The van der Waals surface area contributed by atoms with E-state index in [4.69, 9.17) is 21.7 Å². The summed E-state index contributed by atoms with van der Waals surface area (Å²) in [4.78, 5) is 12.8. The maximum Gasteiger partial charge on any atom is 0.352 e. The summed E-state index contributed by atoms with van der Waals surface area (Å²) in [6, 6.07) is 1.20. The molecule has 0 aliphatic rings. The summed E-state index contributed by atoms with van der Waals surface area (Å²) < 4.78 is 0. The van der Waals surface area contributed by atoms with Gasteiger partial charge in [-0.1, -0.05) is 0 Å². The van der Waals surface area contributed by atoms with E-state index in [0.717, 1.165) is 6.20 Å². The number of nitrogens with two attached hydrogens (primary N) is 2. The summed E-state index contributed by atoms with van der Waals surface area (Å²) in [6.07, 6.45) is 0.936. The molecule has 0 fully saturated rings. The van der Waals surface area contributed by atoms with Crippen LogP contribution in [0, 0.1) is 0 Å². The van der Waals surface area contributed by atoms with Crippen molar-refractivity contribution in [1.29, 1.82) is 0 Å². The summed E-state index contributed by atoms with van der Waals surface area (Å²) in [5, 5.41) is 17.7. The topological polar surface area (TPSA) is 125 Å². The van der Waals surface area contributed by atoms with Crippen LogP contribution >= 0.6 is 0 Å². The van der Waals surface area contributed by atoms with E-state index >= 15 is 0 Å². The molecule has 6 heteroatoms. The quantitative estimate of drug-likeness (QED) is 0.416. The molecule has 13 heavy (non-hydrogen) atoms. The van der Waals surface area contributed by atoms with Gasteiger partial charge in [-0.3, -0.25) is 0 Å². The van der Waals surface area contributed by atoms with Crippen LogP contribution in [0.1, 0.15) is 16.1 Å². The number of carboxylic acids is 1. The third-order valence-electron chi connectivity index (χ3n) is 1.51. The molecule has 0 aromatic carbocycles. The molecule has 1 aromatic rings. The van der Waals surface area contributed by atoms with E-state index in [1.54, 1.807) is 0 Å². The molecule has 0 aliphatic carbocycles. The van der Waals surface area contributed by atoms with Crippen LogP contribution in [-0.4, -0.2) is 21.2 Å². The molecule has 0 bridgehead atoms. The lowest BCUT2D eigenvalue weighted by atomic mass is 10.2. The molecular formula is C7H9N3O3. The first-order valence-electron chi connectivity index (χ1n) is 3.39. The van der Waals surface area contributed by atoms with Gasteiger partial charge in [-0.15, -0.1) is 0 Å². The Hall–Kier alpha value is -2.11. The molecule has 1 heterocycles. The molecule has 0 saturated carbocycles. The highest BCUT2D eigenvalue weighted by Gasteiger charge is 2.12. The van der Waals surface area contributed by atoms with E-state index in [9.17, 15) is 4.79 Å². The zero-order chi connectivity index (χ0) is 10.0. The van der Waals surface area contributed by atoms with Crippen LogP contribution in [0.2, 0.25) is 0 Å². The van der Waals surface area contributed by atoms with Crippen molar-refractivity contribution in [3.05, 3.63) is 23.5 Å². The summed E-state index contributed by atoms with van der Waals surface area (Å²) in [5.41, 5.74) is 10.5. The fraction of sp³-hybridized carbons (Fsp3) is 0. The van der Waals surface area contributed by atoms with Gasteiger partial charge < -0.3 is 26.7 Å². The molecule has 1 rings (SSSR count). The fourth-order valence-electron chi connectivity index (χ4n) is 0.887. The van der Waals surface area contributed by atoms with Gasteiger partial charge in [0.1, 0.15) is 17.3 Å². The molecular weight excluding hydrogens is 174 g/mol. The number of H-pyrrole nitrogens is 1. The number of hydrogen-bond donors (Lipinski definition) is 5. The molecule has 6 nitrogen and oxygen atoms in total. The lowest BCUT2D eigenvalue weighted by Gasteiger charge is -1.94. The number of aliphatic hydroxyl groups is 1. The van der Waals surface area contributed by atoms with Crippen LogP contribution in [0.3, 0.4) is 0 Å². The van der Waals surface area contributed by atoms with Gasteiger partial charge in [-0.25, -0.2) is 4.79 Å². The van der Waals surface area contributed by atoms with E-state index in [2.05, 4.69) is 4.98 Å². The lowest BCUT2D eigenvalue weighted by Crippen LogP contribution is -1.96. The monoisotopic (exact) mass is 183 g/mol. The average Bonchev–Trinajstić information content (AvgIpc) is 2.46. The summed E-state index contributed by atoms with van der Waals surface area (Å²) in [7, 11) is 0. The van der Waals surface area contributed by atoms with Gasteiger partial charge in [0.15, 0.2) is 0 Å². The number of nitrogens with one attached hydrogen (secondary N) is 1. The number of nitrogen functional groups attached to an aromatic ring is 1. The second-order valence-corrected chi connectivity index (χ2v) is 2.37. The van der Waals surface area contributed by atoms with Crippen molar-refractivity contribution >= 4 is 17.5 Å². The SMILES string of the molecule is N/C=C(/O)c1cc(C(=O)O)[nH]c1N. The maximum atomic E-state index is 10.5. The van der Waals surface area contributed by atoms with Gasteiger partial charge in [0.2, 0.25) is 0 Å². The largest absolute Gasteiger partial charge is 0.506 e. The normalized spacial score (nSPS) is 11.5. The first kappa shape index (κ1) is 8.98. The number of aromatic carboxylic acids is 1. The van der Waals surface area contributed by atoms with E-state index in [0.29, 0.717) is 0 Å². The van der Waals surface area contributed by atoms with Crippen molar-refractivity contribution in [2.24, 2.45) is 5.73 Å². The first-order chi connectivity index (χ1) is 6.06. The minimum atomic E-state index is -1.15. The number of aromatic amines is 1. The Kier molecular flexibility index (Phi) is 2.14. The van der Waals surface area contributed by atoms with Crippen molar-refractivity contribution in [3.63, 3.8) is 0 Å². The minimum Gasteiger partial charge on any atom is -0.506 e. The number of aliphatic hydroxyl groups excluding tert-OH is 1. The van der Waals surface area contributed by atoms with Crippen molar-refractivity contribution < 1.29 is 15.0 Å². The molecule has 1 aromatic heterocycles. The molecule has 70 valence electrons. The standard InChI is InChI=1S/C7H9N3O3/c8-2-5(11)3-1-4(7(12)13)10-6(3)9/h1-2,10-11H,8-9H2,(H,12,13)/b5-2+. The summed E-state index contributed by atoms with van der Waals surface area (Å²) in [6.45, 7) is 0. The van der Waals surface area contributed by atoms with Gasteiger partial charge in [0.05, 0.1) is 5.56 Å².